The van der Waals surface area contributed by atoms with Gasteiger partial charge >= 0.3 is 0 Å². The Bertz CT molecular complexity index is 1080. The molecule has 2 heterocycles. The quantitative estimate of drug-likeness (QED) is 0.448. The SMILES string of the molecule is O=C(NCC(c1ccco1)N1CCN(c2ccccc2F)CC1)c1cccc([N+](=O)[O-])c1. The van der Waals surface area contributed by atoms with Crippen LogP contribution in [0, 0.1) is 15.9 Å². The van der Waals surface area contributed by atoms with E-state index in [1.807, 2.05) is 17.0 Å². The summed E-state index contributed by atoms with van der Waals surface area (Å²) in [5.41, 5.74) is 0.673. The third kappa shape index (κ3) is 4.78. The summed E-state index contributed by atoms with van der Waals surface area (Å²) in [6, 6.07) is 15.8. The zero-order chi connectivity index (χ0) is 22.5. The molecule has 1 fully saturated rings. The van der Waals surface area contributed by atoms with Crippen molar-refractivity contribution in [2.24, 2.45) is 0 Å². The summed E-state index contributed by atoms with van der Waals surface area (Å²) in [6.07, 6.45) is 1.58. The maximum Gasteiger partial charge on any atom is 0.270 e. The first-order valence-electron chi connectivity index (χ1n) is 10.3. The molecule has 1 saturated heterocycles. The molecule has 4 rings (SSSR count). The van der Waals surface area contributed by atoms with Crippen molar-refractivity contribution in [3.8, 4) is 0 Å². The van der Waals surface area contributed by atoms with E-state index in [1.165, 1.54) is 30.3 Å². The summed E-state index contributed by atoms with van der Waals surface area (Å²) in [5, 5.41) is 13.8. The van der Waals surface area contributed by atoms with E-state index < -0.39 is 10.8 Å². The zero-order valence-electron chi connectivity index (χ0n) is 17.3. The van der Waals surface area contributed by atoms with Crippen LogP contribution in [-0.2, 0) is 0 Å². The van der Waals surface area contributed by atoms with Crippen LogP contribution in [0.15, 0.2) is 71.3 Å². The third-order valence-corrected chi connectivity index (χ3v) is 5.59. The number of nitro benzene ring substituents is 1. The number of para-hydroxylation sites is 1. The molecule has 9 heteroatoms. The summed E-state index contributed by atoms with van der Waals surface area (Å²) in [5.74, 6) is 0.0756. The number of hydrogen-bond acceptors (Lipinski definition) is 6. The molecule has 1 aliphatic rings. The Kier molecular flexibility index (Phi) is 6.46. The average Bonchev–Trinajstić information content (AvgIpc) is 3.34. The van der Waals surface area contributed by atoms with Crippen molar-refractivity contribution in [2.75, 3.05) is 37.6 Å². The van der Waals surface area contributed by atoms with Crippen LogP contribution in [0.2, 0.25) is 0 Å². The van der Waals surface area contributed by atoms with Gasteiger partial charge in [0, 0.05) is 50.4 Å². The second-order valence-corrected chi connectivity index (χ2v) is 7.52. The van der Waals surface area contributed by atoms with Gasteiger partial charge < -0.3 is 14.6 Å². The molecule has 2 aromatic carbocycles. The van der Waals surface area contributed by atoms with Gasteiger partial charge in [0.15, 0.2) is 0 Å². The molecule has 1 unspecified atom stereocenters. The molecule has 1 aliphatic heterocycles. The number of non-ortho nitro benzene ring substituents is 1. The Hall–Kier alpha value is -3.72. The highest BCUT2D eigenvalue weighted by molar-refractivity contribution is 5.94. The van der Waals surface area contributed by atoms with E-state index in [2.05, 4.69) is 10.2 Å². The van der Waals surface area contributed by atoms with Gasteiger partial charge in [0.1, 0.15) is 11.6 Å². The molecule has 8 nitrogen and oxygen atoms in total. The van der Waals surface area contributed by atoms with Crippen molar-refractivity contribution >= 4 is 17.3 Å². The normalized spacial score (nSPS) is 15.3. The number of furan rings is 1. The Morgan fingerprint density at radius 1 is 1.09 bits per heavy atom. The summed E-state index contributed by atoms with van der Waals surface area (Å²) in [6.45, 7) is 2.86. The minimum Gasteiger partial charge on any atom is -0.468 e. The fourth-order valence-corrected chi connectivity index (χ4v) is 3.93. The largest absolute Gasteiger partial charge is 0.468 e. The molecule has 1 aromatic heterocycles. The Balaban J connectivity index is 1.43. The van der Waals surface area contributed by atoms with E-state index in [9.17, 15) is 19.3 Å². The monoisotopic (exact) mass is 438 g/mol. The van der Waals surface area contributed by atoms with E-state index >= 15 is 0 Å². The predicted octanol–water partition coefficient (Wildman–Crippen LogP) is 3.62. The molecule has 0 spiro atoms. The number of benzene rings is 2. The van der Waals surface area contributed by atoms with Gasteiger partial charge in [-0.3, -0.25) is 19.8 Å². The number of nitro groups is 1. The number of nitrogens with one attached hydrogen (secondary N) is 1. The summed E-state index contributed by atoms with van der Waals surface area (Å²) >= 11 is 0. The van der Waals surface area contributed by atoms with Gasteiger partial charge in [-0.25, -0.2) is 4.39 Å². The highest BCUT2D eigenvalue weighted by Gasteiger charge is 2.28. The first-order valence-corrected chi connectivity index (χ1v) is 10.3. The smallest absolute Gasteiger partial charge is 0.270 e. The van der Waals surface area contributed by atoms with Crippen LogP contribution in [0.1, 0.15) is 22.2 Å². The number of amides is 1. The van der Waals surface area contributed by atoms with E-state index in [0.717, 1.165) is 0 Å². The number of nitrogens with zero attached hydrogens (tertiary/aromatic N) is 3. The van der Waals surface area contributed by atoms with Gasteiger partial charge in [0.25, 0.3) is 11.6 Å². The number of halogens is 1. The Labute approximate surface area is 184 Å². The molecule has 166 valence electrons. The van der Waals surface area contributed by atoms with Crippen molar-refractivity contribution < 1.29 is 18.5 Å². The fraction of sp³-hybridized carbons (Fsp3) is 0.261. The van der Waals surface area contributed by atoms with Gasteiger partial charge in [0.2, 0.25) is 0 Å². The minimum atomic E-state index is -0.530. The van der Waals surface area contributed by atoms with Gasteiger partial charge in [-0.05, 0) is 30.3 Å². The number of hydrogen-bond donors (Lipinski definition) is 1. The number of carbonyl (C=O) groups excluding carboxylic acids is 1. The molecule has 0 bridgehead atoms. The van der Waals surface area contributed by atoms with Crippen molar-refractivity contribution in [2.45, 2.75) is 6.04 Å². The molecule has 1 atom stereocenters. The lowest BCUT2D eigenvalue weighted by Gasteiger charge is -2.39. The lowest BCUT2D eigenvalue weighted by Crippen LogP contribution is -2.50. The zero-order valence-corrected chi connectivity index (χ0v) is 17.3. The van der Waals surface area contributed by atoms with Crippen LogP contribution < -0.4 is 10.2 Å². The Morgan fingerprint density at radius 3 is 2.56 bits per heavy atom. The number of carbonyl (C=O) groups is 1. The molecule has 0 aliphatic carbocycles. The molecular formula is C23H23FN4O4. The van der Waals surface area contributed by atoms with Crippen molar-refractivity contribution in [3.05, 3.63) is 94.2 Å². The van der Waals surface area contributed by atoms with Crippen molar-refractivity contribution in [3.63, 3.8) is 0 Å². The van der Waals surface area contributed by atoms with Gasteiger partial charge in [-0.1, -0.05) is 18.2 Å². The average molecular weight is 438 g/mol. The molecule has 1 amide bonds. The second kappa shape index (κ2) is 9.61. The van der Waals surface area contributed by atoms with E-state index in [-0.39, 0.29) is 29.7 Å². The minimum absolute atomic E-state index is 0.135. The summed E-state index contributed by atoms with van der Waals surface area (Å²) < 4.78 is 19.8. The Morgan fingerprint density at radius 2 is 1.88 bits per heavy atom. The highest BCUT2D eigenvalue weighted by atomic mass is 19.1. The van der Waals surface area contributed by atoms with Crippen molar-refractivity contribution in [1.82, 2.24) is 10.2 Å². The topological polar surface area (TPSA) is 91.9 Å². The molecule has 0 saturated carbocycles. The summed E-state index contributed by atoms with van der Waals surface area (Å²) in [4.78, 5) is 27.3. The standard InChI is InChI=1S/C23H23FN4O4/c24-19-7-1-2-8-20(19)26-10-12-27(13-11-26)21(22-9-4-14-32-22)16-25-23(29)17-5-3-6-18(15-17)28(30)31/h1-9,14-15,21H,10-13,16H2,(H,25,29). The van der Waals surface area contributed by atoms with E-state index in [4.69, 9.17) is 4.42 Å². The molecular weight excluding hydrogens is 415 g/mol. The van der Waals surface area contributed by atoms with Crippen LogP contribution in [0.5, 0.6) is 0 Å². The number of piperazine rings is 1. The van der Waals surface area contributed by atoms with Gasteiger partial charge in [-0.15, -0.1) is 0 Å². The van der Waals surface area contributed by atoms with Crippen LogP contribution >= 0.6 is 0 Å². The first-order chi connectivity index (χ1) is 15.5. The fourth-order valence-electron chi connectivity index (χ4n) is 3.93. The number of rotatable bonds is 7. The summed E-state index contributed by atoms with van der Waals surface area (Å²) in [7, 11) is 0. The van der Waals surface area contributed by atoms with Crippen LogP contribution in [-0.4, -0.2) is 48.5 Å². The maximum atomic E-state index is 14.1. The first kappa shape index (κ1) is 21.5. The highest BCUT2D eigenvalue weighted by Crippen LogP contribution is 2.26. The van der Waals surface area contributed by atoms with E-state index in [1.54, 1.807) is 24.5 Å². The van der Waals surface area contributed by atoms with Crippen LogP contribution in [0.4, 0.5) is 15.8 Å². The maximum absolute atomic E-state index is 14.1. The van der Waals surface area contributed by atoms with Crippen LogP contribution in [0.3, 0.4) is 0 Å². The predicted molar refractivity (Wildman–Crippen MR) is 117 cm³/mol. The molecule has 32 heavy (non-hydrogen) atoms. The lowest BCUT2D eigenvalue weighted by molar-refractivity contribution is -0.384. The van der Waals surface area contributed by atoms with Gasteiger partial charge in [0.05, 0.1) is 22.9 Å². The van der Waals surface area contributed by atoms with Crippen molar-refractivity contribution in [1.29, 1.82) is 0 Å². The molecule has 1 N–H and O–H groups in total. The second-order valence-electron chi connectivity index (χ2n) is 7.52. The molecule has 0 radical (unpaired) electrons. The molecule has 3 aromatic rings. The van der Waals surface area contributed by atoms with E-state index in [0.29, 0.717) is 37.6 Å². The third-order valence-electron chi connectivity index (χ3n) is 5.59. The van der Waals surface area contributed by atoms with Crippen LogP contribution in [0.25, 0.3) is 0 Å². The number of anilines is 1. The van der Waals surface area contributed by atoms with Gasteiger partial charge in [-0.2, -0.15) is 0 Å². The lowest BCUT2D eigenvalue weighted by atomic mass is 10.1.